The molecule has 0 atom stereocenters. The number of ether oxygens (including phenoxy) is 1. The topological polar surface area (TPSA) is 84.5 Å². The molecule has 8 heteroatoms. The van der Waals surface area contributed by atoms with Crippen molar-refractivity contribution < 1.29 is 17.9 Å². The molecule has 6 nitrogen and oxygen atoms in total. The van der Waals surface area contributed by atoms with E-state index in [9.17, 15) is 13.2 Å². The zero-order valence-corrected chi connectivity index (χ0v) is 15.2. The molecule has 0 spiro atoms. The number of sulfonamides is 1. The number of hydrogen-bond donors (Lipinski definition) is 2. The van der Waals surface area contributed by atoms with E-state index in [1.54, 1.807) is 36.4 Å². The van der Waals surface area contributed by atoms with Crippen molar-refractivity contribution in [3.05, 3.63) is 59.1 Å². The molecule has 25 heavy (non-hydrogen) atoms. The Hall–Kier alpha value is -2.09. The number of nitrogens with one attached hydrogen (secondary N) is 2. The number of benzene rings is 2. The minimum atomic E-state index is -3.76. The van der Waals surface area contributed by atoms with Crippen molar-refractivity contribution in [1.29, 1.82) is 0 Å². The molecule has 0 bridgehead atoms. The van der Waals surface area contributed by atoms with Gasteiger partial charge in [0.2, 0.25) is 15.9 Å². The maximum absolute atomic E-state index is 12.2. The van der Waals surface area contributed by atoms with Crippen LogP contribution in [0.1, 0.15) is 12.5 Å². The van der Waals surface area contributed by atoms with Crippen molar-refractivity contribution >= 4 is 27.5 Å². The second kappa shape index (κ2) is 8.84. The maximum atomic E-state index is 12.2. The molecular formula is C17H19ClN2O4S. The Bertz CT molecular complexity index is 806. The van der Waals surface area contributed by atoms with Crippen LogP contribution in [0.4, 0.5) is 0 Å². The molecule has 0 aliphatic heterocycles. The summed E-state index contributed by atoms with van der Waals surface area (Å²) in [4.78, 5) is 11.9. The molecule has 0 aromatic heterocycles. The maximum Gasteiger partial charge on any atom is 0.241 e. The van der Waals surface area contributed by atoms with Gasteiger partial charge in [-0.25, -0.2) is 13.1 Å². The highest BCUT2D eigenvalue weighted by molar-refractivity contribution is 7.89. The average Bonchev–Trinajstić information content (AvgIpc) is 2.60. The van der Waals surface area contributed by atoms with Crippen molar-refractivity contribution in [3.8, 4) is 5.75 Å². The Labute approximate surface area is 152 Å². The van der Waals surface area contributed by atoms with Crippen LogP contribution in [0, 0.1) is 0 Å². The summed E-state index contributed by atoms with van der Waals surface area (Å²) in [5.74, 6) is 0.159. The first-order valence-electron chi connectivity index (χ1n) is 7.64. The van der Waals surface area contributed by atoms with E-state index in [2.05, 4.69) is 10.0 Å². The molecule has 2 rings (SSSR count). The zero-order valence-electron chi connectivity index (χ0n) is 13.7. The van der Waals surface area contributed by atoms with Crippen LogP contribution in [0.25, 0.3) is 0 Å². The number of hydrogen-bond acceptors (Lipinski definition) is 4. The third-order valence-corrected chi connectivity index (χ3v) is 4.94. The number of carbonyl (C=O) groups is 1. The standard InChI is InChI=1S/C17H19ClN2O4S/c1-2-24-15-7-9-16(10-8-15)25(22,23)20-12-17(21)19-11-13-3-5-14(18)6-4-13/h3-10,20H,2,11-12H2,1H3,(H,19,21). The van der Waals surface area contributed by atoms with Crippen molar-refractivity contribution in [2.24, 2.45) is 0 Å². The Morgan fingerprint density at radius 2 is 1.72 bits per heavy atom. The van der Waals surface area contributed by atoms with Gasteiger partial charge in [-0.3, -0.25) is 4.79 Å². The summed E-state index contributed by atoms with van der Waals surface area (Å²) in [6.07, 6.45) is 0. The number of rotatable bonds is 8. The second-order valence-electron chi connectivity index (χ2n) is 5.13. The first-order valence-corrected chi connectivity index (χ1v) is 9.50. The Balaban J connectivity index is 1.85. The van der Waals surface area contributed by atoms with Gasteiger partial charge in [0.1, 0.15) is 5.75 Å². The predicted molar refractivity (Wildman–Crippen MR) is 96.1 cm³/mol. The summed E-state index contributed by atoms with van der Waals surface area (Å²) in [6, 6.07) is 13.0. The summed E-state index contributed by atoms with van der Waals surface area (Å²) in [6.45, 7) is 2.29. The lowest BCUT2D eigenvalue weighted by molar-refractivity contribution is -0.120. The summed E-state index contributed by atoms with van der Waals surface area (Å²) in [5, 5.41) is 3.25. The van der Waals surface area contributed by atoms with Crippen LogP contribution in [-0.2, 0) is 21.4 Å². The molecule has 2 N–H and O–H groups in total. The Morgan fingerprint density at radius 3 is 2.32 bits per heavy atom. The Morgan fingerprint density at radius 1 is 1.08 bits per heavy atom. The lowest BCUT2D eigenvalue weighted by Crippen LogP contribution is -2.36. The van der Waals surface area contributed by atoms with Gasteiger partial charge in [0.05, 0.1) is 18.0 Å². The minimum absolute atomic E-state index is 0.0708. The molecule has 2 aromatic carbocycles. The smallest absolute Gasteiger partial charge is 0.241 e. The zero-order chi connectivity index (χ0) is 18.3. The van der Waals surface area contributed by atoms with Gasteiger partial charge in [0.25, 0.3) is 0 Å². The molecule has 0 heterocycles. The fourth-order valence-electron chi connectivity index (χ4n) is 1.99. The number of carbonyl (C=O) groups excluding carboxylic acids is 1. The van der Waals surface area contributed by atoms with Crippen LogP contribution in [0.5, 0.6) is 5.75 Å². The van der Waals surface area contributed by atoms with E-state index in [0.717, 1.165) is 5.56 Å². The molecule has 134 valence electrons. The normalized spacial score (nSPS) is 11.1. The van der Waals surface area contributed by atoms with Gasteiger partial charge >= 0.3 is 0 Å². The van der Waals surface area contributed by atoms with E-state index in [1.807, 2.05) is 6.92 Å². The van der Waals surface area contributed by atoms with Crippen molar-refractivity contribution in [2.75, 3.05) is 13.2 Å². The van der Waals surface area contributed by atoms with Gasteiger partial charge in [0, 0.05) is 11.6 Å². The van der Waals surface area contributed by atoms with E-state index in [1.165, 1.54) is 12.1 Å². The molecular weight excluding hydrogens is 364 g/mol. The van der Waals surface area contributed by atoms with Crippen LogP contribution in [0.3, 0.4) is 0 Å². The van der Waals surface area contributed by atoms with Gasteiger partial charge in [-0.2, -0.15) is 0 Å². The monoisotopic (exact) mass is 382 g/mol. The molecule has 0 unspecified atom stereocenters. The lowest BCUT2D eigenvalue weighted by Gasteiger charge is -2.09. The van der Waals surface area contributed by atoms with Gasteiger partial charge in [-0.1, -0.05) is 23.7 Å². The van der Waals surface area contributed by atoms with E-state index in [0.29, 0.717) is 23.9 Å². The van der Waals surface area contributed by atoms with Crippen LogP contribution in [0.15, 0.2) is 53.4 Å². The van der Waals surface area contributed by atoms with E-state index in [-0.39, 0.29) is 11.4 Å². The van der Waals surface area contributed by atoms with Crippen LogP contribution in [0.2, 0.25) is 5.02 Å². The summed E-state index contributed by atoms with van der Waals surface area (Å²) < 4.78 is 31.9. The lowest BCUT2D eigenvalue weighted by atomic mass is 10.2. The third kappa shape index (κ3) is 6.04. The number of halogens is 1. The fraction of sp³-hybridized carbons (Fsp3) is 0.235. The highest BCUT2D eigenvalue weighted by Crippen LogP contribution is 2.15. The van der Waals surface area contributed by atoms with E-state index < -0.39 is 15.9 Å². The molecule has 1 amide bonds. The predicted octanol–water partition coefficient (Wildman–Crippen LogP) is 2.33. The van der Waals surface area contributed by atoms with Crippen molar-refractivity contribution in [3.63, 3.8) is 0 Å². The first kappa shape index (κ1) is 19.2. The molecule has 2 aromatic rings. The van der Waals surface area contributed by atoms with Crippen molar-refractivity contribution in [2.45, 2.75) is 18.4 Å². The molecule has 0 saturated carbocycles. The largest absolute Gasteiger partial charge is 0.494 e. The summed E-state index contributed by atoms with van der Waals surface area (Å²) >= 11 is 5.79. The van der Waals surface area contributed by atoms with Gasteiger partial charge in [0.15, 0.2) is 0 Å². The van der Waals surface area contributed by atoms with Crippen LogP contribution < -0.4 is 14.8 Å². The van der Waals surface area contributed by atoms with Crippen molar-refractivity contribution in [1.82, 2.24) is 10.0 Å². The van der Waals surface area contributed by atoms with Gasteiger partial charge < -0.3 is 10.1 Å². The third-order valence-electron chi connectivity index (χ3n) is 3.27. The molecule has 0 saturated heterocycles. The molecule has 0 radical (unpaired) electrons. The van der Waals surface area contributed by atoms with E-state index in [4.69, 9.17) is 16.3 Å². The highest BCUT2D eigenvalue weighted by atomic mass is 35.5. The summed E-state index contributed by atoms with van der Waals surface area (Å²) in [7, 11) is -3.76. The molecule has 0 fully saturated rings. The van der Waals surface area contributed by atoms with Crippen LogP contribution in [-0.4, -0.2) is 27.5 Å². The fourth-order valence-corrected chi connectivity index (χ4v) is 3.10. The second-order valence-corrected chi connectivity index (χ2v) is 7.34. The Kier molecular flexibility index (Phi) is 6.81. The van der Waals surface area contributed by atoms with Gasteiger partial charge in [-0.15, -0.1) is 0 Å². The van der Waals surface area contributed by atoms with Gasteiger partial charge in [-0.05, 0) is 48.9 Å². The first-order chi connectivity index (χ1) is 11.9. The quantitative estimate of drug-likeness (QED) is 0.733. The SMILES string of the molecule is CCOc1ccc(S(=O)(=O)NCC(=O)NCc2ccc(Cl)cc2)cc1. The van der Waals surface area contributed by atoms with Crippen LogP contribution >= 0.6 is 11.6 Å². The molecule has 0 aliphatic carbocycles. The van der Waals surface area contributed by atoms with E-state index >= 15 is 0 Å². The highest BCUT2D eigenvalue weighted by Gasteiger charge is 2.15. The number of amides is 1. The average molecular weight is 383 g/mol. The molecule has 0 aliphatic rings. The summed E-state index contributed by atoms with van der Waals surface area (Å²) in [5.41, 5.74) is 0.868. The minimum Gasteiger partial charge on any atom is -0.494 e.